The molecule has 0 bridgehead atoms. The Morgan fingerprint density at radius 2 is 2.05 bits per heavy atom. The number of hydrogen-bond acceptors (Lipinski definition) is 5. The molecule has 0 unspecified atom stereocenters. The Balaban J connectivity index is 1.59. The standard InChI is InChI=1S/C16H32N4O2/c1-18-5-3-6-19(9-8-18)14-16(21)17-12-15-4-7-20(13-15)10-11-22-2/h15H,3-14H2,1-2H3,(H,17,21)/t15-/m1/s1. The molecule has 0 aromatic heterocycles. The number of nitrogens with one attached hydrogen (secondary N) is 1. The molecule has 1 atom stereocenters. The summed E-state index contributed by atoms with van der Waals surface area (Å²) in [5.74, 6) is 0.774. The van der Waals surface area contributed by atoms with Crippen LogP contribution in [0.4, 0.5) is 0 Å². The van der Waals surface area contributed by atoms with Crippen molar-refractivity contribution in [3.05, 3.63) is 0 Å². The van der Waals surface area contributed by atoms with Crippen LogP contribution in [-0.2, 0) is 9.53 Å². The highest BCUT2D eigenvalue weighted by Gasteiger charge is 2.23. The first-order valence-electron chi connectivity index (χ1n) is 8.56. The number of likely N-dealkylation sites (N-methyl/N-ethyl adjacent to an activating group) is 1. The van der Waals surface area contributed by atoms with E-state index in [0.717, 1.165) is 65.4 Å². The quantitative estimate of drug-likeness (QED) is 0.700. The monoisotopic (exact) mass is 312 g/mol. The molecule has 0 aliphatic carbocycles. The number of likely N-dealkylation sites (tertiary alicyclic amines) is 1. The van der Waals surface area contributed by atoms with Crippen molar-refractivity contribution in [2.45, 2.75) is 12.8 Å². The van der Waals surface area contributed by atoms with E-state index in [4.69, 9.17) is 4.74 Å². The smallest absolute Gasteiger partial charge is 0.234 e. The minimum Gasteiger partial charge on any atom is -0.383 e. The predicted octanol–water partition coefficient (Wildman–Crippen LogP) is -0.292. The lowest BCUT2D eigenvalue weighted by Crippen LogP contribution is -2.40. The summed E-state index contributed by atoms with van der Waals surface area (Å²) >= 11 is 0. The Morgan fingerprint density at radius 1 is 1.18 bits per heavy atom. The van der Waals surface area contributed by atoms with Crippen molar-refractivity contribution in [1.82, 2.24) is 20.0 Å². The summed E-state index contributed by atoms with van der Waals surface area (Å²) in [6, 6.07) is 0. The Kier molecular flexibility index (Phi) is 7.59. The fourth-order valence-electron chi connectivity index (χ4n) is 3.28. The first-order chi connectivity index (χ1) is 10.7. The van der Waals surface area contributed by atoms with Gasteiger partial charge in [-0.25, -0.2) is 0 Å². The molecule has 2 saturated heterocycles. The second-order valence-corrected chi connectivity index (χ2v) is 6.69. The average molecular weight is 312 g/mol. The van der Waals surface area contributed by atoms with Gasteiger partial charge in [-0.15, -0.1) is 0 Å². The molecule has 6 heteroatoms. The van der Waals surface area contributed by atoms with Gasteiger partial charge >= 0.3 is 0 Å². The minimum atomic E-state index is 0.180. The van der Waals surface area contributed by atoms with Crippen LogP contribution in [0, 0.1) is 5.92 Å². The van der Waals surface area contributed by atoms with E-state index >= 15 is 0 Å². The molecule has 0 saturated carbocycles. The van der Waals surface area contributed by atoms with E-state index in [1.807, 2.05) is 0 Å². The van der Waals surface area contributed by atoms with Gasteiger partial charge in [-0.2, -0.15) is 0 Å². The van der Waals surface area contributed by atoms with Crippen LogP contribution in [0.2, 0.25) is 0 Å². The van der Waals surface area contributed by atoms with Crippen LogP contribution in [0.3, 0.4) is 0 Å². The lowest BCUT2D eigenvalue weighted by Gasteiger charge is -2.20. The van der Waals surface area contributed by atoms with Crippen molar-refractivity contribution < 1.29 is 9.53 Å². The van der Waals surface area contributed by atoms with Crippen LogP contribution in [0.5, 0.6) is 0 Å². The second kappa shape index (κ2) is 9.45. The fourth-order valence-corrected chi connectivity index (χ4v) is 3.28. The molecule has 0 aromatic carbocycles. The Morgan fingerprint density at radius 3 is 2.86 bits per heavy atom. The van der Waals surface area contributed by atoms with E-state index in [1.54, 1.807) is 7.11 Å². The number of hydrogen-bond donors (Lipinski definition) is 1. The van der Waals surface area contributed by atoms with E-state index in [9.17, 15) is 4.79 Å². The van der Waals surface area contributed by atoms with Crippen molar-refractivity contribution in [3.63, 3.8) is 0 Å². The van der Waals surface area contributed by atoms with Gasteiger partial charge in [0.1, 0.15) is 0 Å². The number of carbonyl (C=O) groups excluding carboxylic acids is 1. The van der Waals surface area contributed by atoms with Crippen LogP contribution in [0.15, 0.2) is 0 Å². The minimum absolute atomic E-state index is 0.180. The summed E-state index contributed by atoms with van der Waals surface area (Å²) in [6.07, 6.45) is 2.33. The summed E-state index contributed by atoms with van der Waals surface area (Å²) in [6.45, 7) is 9.60. The highest BCUT2D eigenvalue weighted by atomic mass is 16.5. The van der Waals surface area contributed by atoms with Gasteiger partial charge in [0.05, 0.1) is 13.2 Å². The topological polar surface area (TPSA) is 48.1 Å². The normalized spacial score (nSPS) is 25.3. The summed E-state index contributed by atoms with van der Waals surface area (Å²) in [4.78, 5) is 19.2. The number of methoxy groups -OCH3 is 1. The van der Waals surface area contributed by atoms with Crippen molar-refractivity contribution >= 4 is 5.91 Å². The Labute approximate surface area is 134 Å². The number of ether oxygens (including phenoxy) is 1. The lowest BCUT2D eigenvalue weighted by molar-refractivity contribution is -0.122. The predicted molar refractivity (Wildman–Crippen MR) is 88.0 cm³/mol. The molecule has 128 valence electrons. The molecule has 0 aromatic rings. The number of amides is 1. The zero-order valence-corrected chi connectivity index (χ0v) is 14.2. The van der Waals surface area contributed by atoms with Crippen LogP contribution in [0.1, 0.15) is 12.8 Å². The first-order valence-corrected chi connectivity index (χ1v) is 8.56. The van der Waals surface area contributed by atoms with Crippen LogP contribution in [0.25, 0.3) is 0 Å². The third-order valence-electron chi connectivity index (χ3n) is 4.75. The lowest BCUT2D eigenvalue weighted by atomic mass is 10.1. The van der Waals surface area contributed by atoms with E-state index in [2.05, 4.69) is 27.1 Å². The molecule has 1 amide bonds. The van der Waals surface area contributed by atoms with Crippen LogP contribution in [-0.4, -0.2) is 100 Å². The maximum absolute atomic E-state index is 12.1. The van der Waals surface area contributed by atoms with Crippen molar-refractivity contribution in [2.75, 3.05) is 79.7 Å². The molecular weight excluding hydrogens is 280 g/mol. The molecule has 2 heterocycles. The van der Waals surface area contributed by atoms with Gasteiger partial charge in [0.15, 0.2) is 0 Å². The summed E-state index contributed by atoms with van der Waals surface area (Å²) in [5, 5.41) is 3.13. The first kappa shape index (κ1) is 17.7. The van der Waals surface area contributed by atoms with Gasteiger partial charge in [-0.05, 0) is 45.4 Å². The second-order valence-electron chi connectivity index (χ2n) is 6.69. The maximum atomic E-state index is 12.1. The third-order valence-corrected chi connectivity index (χ3v) is 4.75. The van der Waals surface area contributed by atoms with E-state index in [0.29, 0.717) is 12.5 Å². The van der Waals surface area contributed by atoms with Crippen molar-refractivity contribution in [1.29, 1.82) is 0 Å². The molecule has 0 radical (unpaired) electrons. The highest BCUT2D eigenvalue weighted by Crippen LogP contribution is 2.14. The zero-order valence-electron chi connectivity index (χ0n) is 14.2. The molecule has 2 rings (SSSR count). The SMILES string of the molecule is COCCN1CC[C@H](CNC(=O)CN2CCCN(C)CC2)C1. The van der Waals surface area contributed by atoms with Crippen molar-refractivity contribution in [2.24, 2.45) is 5.92 Å². The van der Waals surface area contributed by atoms with Gasteiger partial charge in [0.25, 0.3) is 0 Å². The van der Waals surface area contributed by atoms with E-state index in [1.165, 1.54) is 6.42 Å². The molecule has 22 heavy (non-hydrogen) atoms. The molecule has 2 fully saturated rings. The van der Waals surface area contributed by atoms with Crippen molar-refractivity contribution in [3.8, 4) is 0 Å². The third kappa shape index (κ3) is 6.20. The Bertz CT molecular complexity index is 340. The van der Waals surface area contributed by atoms with Gasteiger partial charge in [0.2, 0.25) is 5.91 Å². The van der Waals surface area contributed by atoms with E-state index in [-0.39, 0.29) is 5.91 Å². The number of nitrogens with zero attached hydrogens (tertiary/aromatic N) is 3. The zero-order chi connectivity index (χ0) is 15.8. The molecule has 6 nitrogen and oxygen atoms in total. The van der Waals surface area contributed by atoms with Crippen LogP contribution < -0.4 is 5.32 Å². The molecule has 1 N–H and O–H groups in total. The Hall–Kier alpha value is -0.690. The summed E-state index contributed by atoms with van der Waals surface area (Å²) < 4.78 is 5.12. The molecule has 0 spiro atoms. The summed E-state index contributed by atoms with van der Waals surface area (Å²) in [5.41, 5.74) is 0. The van der Waals surface area contributed by atoms with Gasteiger partial charge in [-0.3, -0.25) is 9.69 Å². The number of rotatable bonds is 7. The maximum Gasteiger partial charge on any atom is 0.234 e. The van der Waals surface area contributed by atoms with Gasteiger partial charge in [0, 0.05) is 39.8 Å². The molecular formula is C16H32N4O2. The summed E-state index contributed by atoms with van der Waals surface area (Å²) in [7, 11) is 3.90. The molecule has 2 aliphatic heterocycles. The largest absolute Gasteiger partial charge is 0.383 e. The highest BCUT2D eigenvalue weighted by molar-refractivity contribution is 5.78. The molecule has 2 aliphatic rings. The number of carbonyl (C=O) groups is 1. The fraction of sp³-hybridized carbons (Fsp3) is 0.938. The average Bonchev–Trinajstić information content (AvgIpc) is 2.86. The van der Waals surface area contributed by atoms with Gasteiger partial charge < -0.3 is 19.9 Å². The van der Waals surface area contributed by atoms with E-state index < -0.39 is 0 Å². The van der Waals surface area contributed by atoms with Gasteiger partial charge in [-0.1, -0.05) is 0 Å². The van der Waals surface area contributed by atoms with Crippen LogP contribution >= 0.6 is 0 Å².